The maximum Gasteiger partial charge on any atom is 0.246 e. The van der Waals surface area contributed by atoms with Gasteiger partial charge >= 0.3 is 0 Å². The van der Waals surface area contributed by atoms with Crippen LogP contribution in [0.25, 0.3) is 0 Å². The van der Waals surface area contributed by atoms with Crippen molar-refractivity contribution in [1.82, 2.24) is 5.06 Å². The molecular formula is C11H13BrFNO2. The highest BCUT2D eigenvalue weighted by Crippen LogP contribution is 2.16. The van der Waals surface area contributed by atoms with Crippen LogP contribution in [-0.4, -0.2) is 25.1 Å². The van der Waals surface area contributed by atoms with Crippen molar-refractivity contribution in [3.05, 3.63) is 34.1 Å². The number of hydrogen-bond donors (Lipinski definition) is 0. The second-order valence-electron chi connectivity index (χ2n) is 3.31. The molecule has 0 bridgehead atoms. The lowest BCUT2D eigenvalue weighted by molar-refractivity contribution is -0.168. The van der Waals surface area contributed by atoms with Gasteiger partial charge < -0.3 is 0 Å². The summed E-state index contributed by atoms with van der Waals surface area (Å²) >= 11 is 3.18. The normalized spacial score (nSPS) is 10.2. The highest BCUT2D eigenvalue weighted by molar-refractivity contribution is 9.10. The van der Waals surface area contributed by atoms with Crippen LogP contribution in [-0.2, 0) is 16.1 Å². The number of rotatable bonds is 4. The Labute approximate surface area is 102 Å². The van der Waals surface area contributed by atoms with Crippen molar-refractivity contribution in [3.63, 3.8) is 0 Å². The molecule has 3 nitrogen and oxygen atoms in total. The van der Waals surface area contributed by atoms with Gasteiger partial charge in [-0.2, -0.15) is 0 Å². The minimum absolute atomic E-state index is 0.176. The van der Waals surface area contributed by atoms with Gasteiger partial charge in [0.1, 0.15) is 5.82 Å². The second kappa shape index (κ2) is 5.96. The summed E-state index contributed by atoms with van der Waals surface area (Å²) in [5, 5.41) is 1.14. The van der Waals surface area contributed by atoms with Gasteiger partial charge in [-0.1, -0.05) is 22.0 Å². The standard InChI is InChI=1S/C11H13BrFNO2/c1-14(16-2)11(15)6-4-8-3-5-9(12)7-10(8)13/h3,5,7H,4,6H2,1-2H3. The van der Waals surface area contributed by atoms with E-state index in [-0.39, 0.29) is 18.1 Å². The van der Waals surface area contributed by atoms with Crippen molar-refractivity contribution >= 4 is 21.8 Å². The predicted molar refractivity (Wildman–Crippen MR) is 62.2 cm³/mol. The Hall–Kier alpha value is -0.940. The number of carbonyl (C=O) groups is 1. The third-order valence-corrected chi connectivity index (χ3v) is 2.74. The van der Waals surface area contributed by atoms with Gasteiger partial charge in [-0.05, 0) is 24.1 Å². The maximum atomic E-state index is 13.4. The minimum atomic E-state index is -0.303. The lowest BCUT2D eigenvalue weighted by Gasteiger charge is -2.13. The third-order valence-electron chi connectivity index (χ3n) is 2.25. The number of hydrogen-bond acceptors (Lipinski definition) is 2. The van der Waals surface area contributed by atoms with Crippen LogP contribution in [0.5, 0.6) is 0 Å². The Morgan fingerprint density at radius 3 is 2.81 bits per heavy atom. The van der Waals surface area contributed by atoms with Crippen LogP contribution in [0.15, 0.2) is 22.7 Å². The Bertz CT molecular complexity index is 384. The Morgan fingerprint density at radius 1 is 1.56 bits per heavy atom. The number of nitrogens with zero attached hydrogens (tertiary/aromatic N) is 1. The Kier molecular flexibility index (Phi) is 4.89. The molecule has 1 amide bonds. The van der Waals surface area contributed by atoms with E-state index >= 15 is 0 Å². The molecule has 0 saturated carbocycles. The first-order valence-corrected chi connectivity index (χ1v) is 5.58. The number of aryl methyl sites for hydroxylation is 1. The van der Waals surface area contributed by atoms with Crippen LogP contribution in [0.4, 0.5) is 4.39 Å². The summed E-state index contributed by atoms with van der Waals surface area (Å²) in [6.07, 6.45) is 0.592. The van der Waals surface area contributed by atoms with Gasteiger partial charge in [0, 0.05) is 17.9 Å². The van der Waals surface area contributed by atoms with E-state index in [2.05, 4.69) is 15.9 Å². The van der Waals surface area contributed by atoms with Gasteiger partial charge in [0.2, 0.25) is 5.91 Å². The minimum Gasteiger partial charge on any atom is -0.275 e. The molecule has 0 fully saturated rings. The summed E-state index contributed by atoms with van der Waals surface area (Å²) in [5.41, 5.74) is 0.529. The molecule has 0 unspecified atom stereocenters. The van der Waals surface area contributed by atoms with Gasteiger partial charge in [0.15, 0.2) is 0 Å². The first-order valence-electron chi connectivity index (χ1n) is 4.79. The summed E-state index contributed by atoms with van der Waals surface area (Å²) in [7, 11) is 2.94. The van der Waals surface area contributed by atoms with Crippen LogP contribution in [0.1, 0.15) is 12.0 Å². The molecule has 16 heavy (non-hydrogen) atoms. The van der Waals surface area contributed by atoms with Crippen molar-refractivity contribution in [2.75, 3.05) is 14.2 Å². The van der Waals surface area contributed by atoms with E-state index in [4.69, 9.17) is 4.84 Å². The predicted octanol–water partition coefficient (Wildman–Crippen LogP) is 2.54. The molecule has 0 aliphatic rings. The molecule has 5 heteroatoms. The lowest BCUT2D eigenvalue weighted by Crippen LogP contribution is -2.25. The summed E-state index contributed by atoms with van der Waals surface area (Å²) in [6, 6.07) is 4.81. The van der Waals surface area contributed by atoms with E-state index in [9.17, 15) is 9.18 Å². The zero-order valence-electron chi connectivity index (χ0n) is 9.17. The van der Waals surface area contributed by atoms with Gasteiger partial charge in [-0.25, -0.2) is 9.45 Å². The Balaban J connectivity index is 2.58. The highest BCUT2D eigenvalue weighted by Gasteiger charge is 2.10. The average molecular weight is 290 g/mol. The van der Waals surface area contributed by atoms with E-state index in [1.54, 1.807) is 12.1 Å². The summed E-state index contributed by atoms with van der Waals surface area (Å²) in [6.45, 7) is 0. The monoisotopic (exact) mass is 289 g/mol. The largest absolute Gasteiger partial charge is 0.275 e. The van der Waals surface area contributed by atoms with Gasteiger partial charge in [0.25, 0.3) is 0 Å². The van der Waals surface area contributed by atoms with Crippen molar-refractivity contribution in [1.29, 1.82) is 0 Å². The zero-order valence-corrected chi connectivity index (χ0v) is 10.8. The molecular weight excluding hydrogens is 277 g/mol. The van der Waals surface area contributed by atoms with E-state index in [0.717, 1.165) is 5.06 Å². The first-order chi connectivity index (χ1) is 7.54. The number of benzene rings is 1. The van der Waals surface area contributed by atoms with Crippen molar-refractivity contribution in [2.24, 2.45) is 0 Å². The fourth-order valence-electron chi connectivity index (χ4n) is 1.23. The molecule has 0 saturated heterocycles. The smallest absolute Gasteiger partial charge is 0.246 e. The number of carbonyl (C=O) groups excluding carboxylic acids is 1. The third kappa shape index (κ3) is 3.57. The molecule has 0 radical (unpaired) electrons. The van der Waals surface area contributed by atoms with Crippen molar-refractivity contribution < 1.29 is 14.0 Å². The van der Waals surface area contributed by atoms with E-state index < -0.39 is 0 Å². The summed E-state index contributed by atoms with van der Waals surface area (Å²) < 4.78 is 14.1. The molecule has 0 spiro atoms. The van der Waals surface area contributed by atoms with Crippen LogP contribution < -0.4 is 0 Å². The molecule has 0 aromatic heterocycles. The molecule has 1 aromatic rings. The molecule has 1 aromatic carbocycles. The Morgan fingerprint density at radius 2 is 2.25 bits per heavy atom. The summed E-state index contributed by atoms with van der Waals surface area (Å²) in [4.78, 5) is 16.1. The molecule has 1 rings (SSSR count). The fourth-order valence-corrected chi connectivity index (χ4v) is 1.56. The topological polar surface area (TPSA) is 29.5 Å². The number of hydroxylamine groups is 2. The lowest BCUT2D eigenvalue weighted by atomic mass is 10.1. The van der Waals surface area contributed by atoms with Crippen LogP contribution in [0, 0.1) is 5.82 Å². The SMILES string of the molecule is CON(C)C(=O)CCc1ccc(Br)cc1F. The molecule has 0 N–H and O–H groups in total. The van der Waals surface area contributed by atoms with E-state index in [1.165, 1.54) is 20.2 Å². The van der Waals surface area contributed by atoms with Gasteiger partial charge in [-0.15, -0.1) is 0 Å². The molecule has 88 valence electrons. The molecule has 0 aliphatic carbocycles. The molecule has 0 heterocycles. The van der Waals surface area contributed by atoms with Gasteiger partial charge in [0.05, 0.1) is 7.11 Å². The van der Waals surface area contributed by atoms with Crippen LogP contribution in [0.2, 0.25) is 0 Å². The average Bonchev–Trinajstić information content (AvgIpc) is 2.26. The van der Waals surface area contributed by atoms with Gasteiger partial charge in [-0.3, -0.25) is 9.63 Å². The molecule has 0 aliphatic heterocycles. The number of amides is 1. The van der Waals surface area contributed by atoms with Crippen LogP contribution >= 0.6 is 15.9 Å². The maximum absolute atomic E-state index is 13.4. The number of halogens is 2. The van der Waals surface area contributed by atoms with E-state index in [1.807, 2.05) is 0 Å². The van der Waals surface area contributed by atoms with E-state index in [0.29, 0.717) is 16.5 Å². The summed E-state index contributed by atoms with van der Waals surface area (Å²) in [5.74, 6) is -0.480. The zero-order chi connectivity index (χ0) is 12.1. The van der Waals surface area contributed by atoms with Crippen molar-refractivity contribution in [2.45, 2.75) is 12.8 Å². The fraction of sp³-hybridized carbons (Fsp3) is 0.364. The van der Waals surface area contributed by atoms with Crippen molar-refractivity contribution in [3.8, 4) is 0 Å². The second-order valence-corrected chi connectivity index (χ2v) is 4.23. The first kappa shape index (κ1) is 13.1. The molecule has 0 atom stereocenters. The quantitative estimate of drug-likeness (QED) is 0.798. The van der Waals surface area contributed by atoms with Crippen LogP contribution in [0.3, 0.4) is 0 Å². The highest BCUT2D eigenvalue weighted by atomic mass is 79.9.